The average molecular weight is 205 g/mol. The number of hydrogen-bond donors (Lipinski definition) is 1. The molecule has 0 saturated carbocycles. The van der Waals surface area contributed by atoms with Gasteiger partial charge in [-0.3, -0.25) is 10.0 Å². The summed E-state index contributed by atoms with van der Waals surface area (Å²) in [6.07, 6.45) is 0. The minimum Gasteiger partial charge on any atom is -0.733 e. The summed E-state index contributed by atoms with van der Waals surface area (Å²) in [4.78, 5) is 11.1. The zero-order valence-electron chi connectivity index (χ0n) is 8.04. The van der Waals surface area contributed by atoms with Gasteiger partial charge < -0.3 is 10.4 Å². The minimum absolute atomic E-state index is 0.0840. The van der Waals surface area contributed by atoms with E-state index in [1.54, 1.807) is 12.1 Å². The van der Waals surface area contributed by atoms with Gasteiger partial charge in [-0.15, -0.1) is 0 Å². The monoisotopic (exact) mass is 205 g/mol. The van der Waals surface area contributed by atoms with Crippen molar-refractivity contribution in [1.82, 2.24) is 0 Å². The van der Waals surface area contributed by atoms with Crippen LogP contribution in [-0.2, 0) is 4.79 Å². The zero-order valence-corrected chi connectivity index (χ0v) is 8.04. The lowest BCUT2D eigenvalue weighted by molar-refractivity contribution is -0.117. The molecule has 0 aliphatic carbocycles. The number of hydrogen-bond acceptors (Lipinski definition) is 5. The highest BCUT2D eigenvalue weighted by Gasteiger charge is 2.19. The minimum atomic E-state index is -1.02. The van der Waals surface area contributed by atoms with Crippen LogP contribution in [0, 0.1) is 16.5 Å². The lowest BCUT2D eigenvalue weighted by Gasteiger charge is -2.25. The maximum atomic E-state index is 11.1. The van der Waals surface area contributed by atoms with E-state index in [2.05, 4.69) is 0 Å². The molecular formula is C10H9N2O3-. The maximum Gasteiger partial charge on any atom is 0.151 e. The van der Waals surface area contributed by atoms with Gasteiger partial charge in [-0.25, -0.2) is 0 Å². The molecule has 1 aromatic carbocycles. The predicted molar refractivity (Wildman–Crippen MR) is 53.1 cm³/mol. The van der Waals surface area contributed by atoms with Gasteiger partial charge in [0.15, 0.2) is 5.78 Å². The molecule has 0 spiro atoms. The van der Waals surface area contributed by atoms with Crippen LogP contribution in [0.3, 0.4) is 0 Å². The summed E-state index contributed by atoms with van der Waals surface area (Å²) in [5, 5.41) is 28.0. The molecule has 0 radical (unpaired) electrons. The highest BCUT2D eigenvalue weighted by molar-refractivity contribution is 5.88. The number of nitriles is 1. The van der Waals surface area contributed by atoms with E-state index in [1.807, 2.05) is 0 Å². The van der Waals surface area contributed by atoms with E-state index in [4.69, 9.17) is 10.5 Å². The van der Waals surface area contributed by atoms with Crippen molar-refractivity contribution >= 4 is 11.5 Å². The Morgan fingerprint density at radius 1 is 1.60 bits per heavy atom. The summed E-state index contributed by atoms with van der Waals surface area (Å²) in [6, 6.07) is 7.72. The van der Waals surface area contributed by atoms with Crippen LogP contribution in [-0.4, -0.2) is 11.0 Å². The number of benzene rings is 1. The van der Waals surface area contributed by atoms with Gasteiger partial charge in [0, 0.05) is 5.56 Å². The lowest BCUT2D eigenvalue weighted by Crippen LogP contribution is -2.14. The van der Waals surface area contributed by atoms with Crippen LogP contribution in [0.1, 0.15) is 18.4 Å². The van der Waals surface area contributed by atoms with Crippen LogP contribution in [0.25, 0.3) is 0 Å². The number of carbonyl (C=O) groups excluding carboxylic acids is 1. The largest absolute Gasteiger partial charge is 0.733 e. The molecule has 5 nitrogen and oxygen atoms in total. The number of para-hydroxylation sites is 1. The van der Waals surface area contributed by atoms with E-state index >= 15 is 0 Å². The first-order chi connectivity index (χ1) is 7.07. The normalized spacial score (nSPS) is 11.6. The molecule has 0 fully saturated rings. The van der Waals surface area contributed by atoms with Crippen LogP contribution in [0.4, 0.5) is 5.69 Å². The fourth-order valence-corrected chi connectivity index (χ4v) is 1.29. The first-order valence-electron chi connectivity index (χ1n) is 4.23. The molecule has 1 rings (SSSR count). The molecule has 0 saturated heterocycles. The Labute approximate surface area is 86.7 Å². The lowest BCUT2D eigenvalue weighted by atomic mass is 9.95. The summed E-state index contributed by atoms with van der Waals surface area (Å²) >= 11 is 0. The third-order valence-corrected chi connectivity index (χ3v) is 1.99. The Hall–Kier alpha value is -1.90. The third kappa shape index (κ3) is 2.31. The van der Waals surface area contributed by atoms with Gasteiger partial charge in [0.2, 0.25) is 0 Å². The standard InChI is InChI=1S/C10H9N2O3/c1-7(13)9(6-11)8-4-2-3-5-10(8)12(14)15/h2-5,9,14H,1H3/q-1/t9-/m0/s1. The van der Waals surface area contributed by atoms with Crippen molar-refractivity contribution in [2.75, 3.05) is 5.23 Å². The topological polar surface area (TPSA) is 87.4 Å². The molecule has 0 aromatic heterocycles. The predicted octanol–water partition coefficient (Wildman–Crippen LogP) is 1.58. The second kappa shape index (κ2) is 4.55. The molecule has 0 unspecified atom stereocenters. The van der Waals surface area contributed by atoms with Gasteiger partial charge in [-0.2, -0.15) is 5.26 Å². The van der Waals surface area contributed by atoms with Crippen LogP contribution in [0.2, 0.25) is 0 Å². The first-order valence-corrected chi connectivity index (χ1v) is 4.23. The fourth-order valence-electron chi connectivity index (χ4n) is 1.29. The quantitative estimate of drug-likeness (QED) is 0.757. The van der Waals surface area contributed by atoms with Crippen LogP contribution in [0.15, 0.2) is 24.3 Å². The van der Waals surface area contributed by atoms with E-state index in [-0.39, 0.29) is 22.3 Å². The summed E-state index contributed by atoms with van der Waals surface area (Å²) in [5.41, 5.74) is 0.129. The SMILES string of the molecule is CC(=O)[C@H](C#N)c1ccccc1N([O-])O. The van der Waals surface area contributed by atoms with Crippen molar-refractivity contribution in [2.45, 2.75) is 12.8 Å². The van der Waals surface area contributed by atoms with Gasteiger partial charge in [-0.1, -0.05) is 18.2 Å². The molecule has 1 N–H and O–H groups in total. The molecule has 1 atom stereocenters. The number of Topliss-reactive ketones (excluding diaryl/α,β-unsaturated/α-hetero) is 1. The molecule has 0 aliphatic rings. The number of nitrogens with zero attached hydrogens (tertiary/aromatic N) is 2. The summed E-state index contributed by atoms with van der Waals surface area (Å²) in [6.45, 7) is 1.26. The molecular weight excluding hydrogens is 196 g/mol. The van der Waals surface area contributed by atoms with Crippen molar-refractivity contribution in [1.29, 1.82) is 5.26 Å². The Morgan fingerprint density at radius 3 is 2.67 bits per heavy atom. The smallest absolute Gasteiger partial charge is 0.151 e. The Kier molecular flexibility index (Phi) is 3.39. The van der Waals surface area contributed by atoms with Gasteiger partial charge in [0.05, 0.1) is 11.8 Å². The molecule has 0 bridgehead atoms. The second-order valence-corrected chi connectivity index (χ2v) is 3.00. The highest BCUT2D eigenvalue weighted by atomic mass is 16.8. The van der Waals surface area contributed by atoms with Gasteiger partial charge in [0.25, 0.3) is 0 Å². The van der Waals surface area contributed by atoms with E-state index in [9.17, 15) is 10.0 Å². The molecule has 15 heavy (non-hydrogen) atoms. The van der Waals surface area contributed by atoms with E-state index in [0.29, 0.717) is 0 Å². The molecule has 0 amide bonds. The number of carbonyl (C=O) groups is 1. The van der Waals surface area contributed by atoms with E-state index in [1.165, 1.54) is 25.1 Å². The first kappa shape index (κ1) is 11.2. The van der Waals surface area contributed by atoms with Crippen LogP contribution >= 0.6 is 0 Å². The fraction of sp³-hybridized carbons (Fsp3) is 0.200. The summed E-state index contributed by atoms with van der Waals surface area (Å²) < 4.78 is 0. The van der Waals surface area contributed by atoms with E-state index in [0.717, 1.165) is 0 Å². The van der Waals surface area contributed by atoms with Crippen LogP contribution < -0.4 is 5.23 Å². The highest BCUT2D eigenvalue weighted by Crippen LogP contribution is 2.26. The second-order valence-electron chi connectivity index (χ2n) is 3.00. The molecule has 1 aromatic rings. The van der Waals surface area contributed by atoms with Gasteiger partial charge in [-0.05, 0) is 13.0 Å². The number of ketones is 1. The number of rotatable bonds is 3. The molecule has 0 heterocycles. The molecule has 78 valence electrons. The zero-order chi connectivity index (χ0) is 11.4. The third-order valence-electron chi connectivity index (χ3n) is 1.99. The maximum absolute atomic E-state index is 11.1. The Balaban J connectivity index is 3.24. The van der Waals surface area contributed by atoms with E-state index < -0.39 is 5.92 Å². The van der Waals surface area contributed by atoms with Crippen molar-refractivity contribution in [3.8, 4) is 6.07 Å². The molecule has 0 aliphatic heterocycles. The Bertz CT molecular complexity index is 409. The average Bonchev–Trinajstić information content (AvgIpc) is 2.18. The Morgan fingerprint density at radius 2 is 2.20 bits per heavy atom. The van der Waals surface area contributed by atoms with Crippen molar-refractivity contribution in [2.24, 2.45) is 0 Å². The van der Waals surface area contributed by atoms with Crippen molar-refractivity contribution in [3.05, 3.63) is 35.0 Å². The van der Waals surface area contributed by atoms with Gasteiger partial charge in [0.1, 0.15) is 5.92 Å². The summed E-state index contributed by atoms with van der Waals surface area (Å²) in [7, 11) is 0. The number of anilines is 1. The van der Waals surface area contributed by atoms with Crippen molar-refractivity contribution in [3.63, 3.8) is 0 Å². The molecule has 5 heteroatoms. The summed E-state index contributed by atoms with van der Waals surface area (Å²) in [5.74, 6) is -1.39. The van der Waals surface area contributed by atoms with Gasteiger partial charge >= 0.3 is 0 Å². The van der Waals surface area contributed by atoms with Crippen molar-refractivity contribution < 1.29 is 10.0 Å². The van der Waals surface area contributed by atoms with Crippen LogP contribution in [0.5, 0.6) is 0 Å².